The average Bonchev–Trinajstić information content (AvgIpc) is 2.79. The summed E-state index contributed by atoms with van der Waals surface area (Å²) in [5.41, 5.74) is 1.13. The summed E-state index contributed by atoms with van der Waals surface area (Å²) >= 11 is 0. The highest BCUT2D eigenvalue weighted by molar-refractivity contribution is 6.09. The first-order chi connectivity index (χ1) is 14.5. The van der Waals surface area contributed by atoms with E-state index in [0.29, 0.717) is 22.6 Å². The maximum atomic E-state index is 12.8. The lowest BCUT2D eigenvalue weighted by Crippen LogP contribution is -2.48. The van der Waals surface area contributed by atoms with Gasteiger partial charge in [0.15, 0.2) is 0 Å². The van der Waals surface area contributed by atoms with E-state index >= 15 is 0 Å². The fourth-order valence-electron chi connectivity index (χ4n) is 3.45. The first kappa shape index (κ1) is 21.4. The van der Waals surface area contributed by atoms with E-state index in [9.17, 15) is 14.4 Å². The van der Waals surface area contributed by atoms with Gasteiger partial charge in [-0.25, -0.2) is 0 Å². The molecule has 0 radical (unpaired) electrons. The molecule has 1 atom stereocenters. The molecule has 3 rings (SSSR count). The van der Waals surface area contributed by atoms with Crippen molar-refractivity contribution in [1.29, 1.82) is 0 Å². The summed E-state index contributed by atoms with van der Waals surface area (Å²) in [6.45, 7) is 3.15. The molecule has 0 aliphatic carbocycles. The maximum absolute atomic E-state index is 12.8. The summed E-state index contributed by atoms with van der Waals surface area (Å²) in [6, 6.07) is 12.8. The van der Waals surface area contributed by atoms with Gasteiger partial charge in [0.2, 0.25) is 5.91 Å². The van der Waals surface area contributed by atoms with Crippen LogP contribution in [0.15, 0.2) is 48.5 Å². The van der Waals surface area contributed by atoms with E-state index < -0.39 is 11.9 Å². The summed E-state index contributed by atoms with van der Waals surface area (Å²) < 4.78 is 5.10. The van der Waals surface area contributed by atoms with Gasteiger partial charge in [-0.2, -0.15) is 0 Å². The monoisotopic (exact) mass is 409 g/mol. The molecule has 7 nitrogen and oxygen atoms in total. The third kappa shape index (κ3) is 5.17. The number of likely N-dealkylation sites (tertiary alicyclic amines) is 1. The van der Waals surface area contributed by atoms with Gasteiger partial charge in [0.05, 0.1) is 18.4 Å². The van der Waals surface area contributed by atoms with Crippen LogP contribution in [0.1, 0.15) is 46.9 Å². The molecular weight excluding hydrogens is 382 g/mol. The number of carbonyl (C=O) groups is 3. The van der Waals surface area contributed by atoms with Gasteiger partial charge in [-0.1, -0.05) is 12.1 Å². The quantitative estimate of drug-likeness (QED) is 0.768. The molecule has 7 heteroatoms. The van der Waals surface area contributed by atoms with Gasteiger partial charge >= 0.3 is 0 Å². The zero-order valence-electron chi connectivity index (χ0n) is 17.3. The van der Waals surface area contributed by atoms with E-state index in [1.807, 2.05) is 0 Å². The zero-order valence-corrected chi connectivity index (χ0v) is 17.3. The molecule has 2 aromatic rings. The predicted octanol–water partition coefficient (Wildman–Crippen LogP) is 3.08. The van der Waals surface area contributed by atoms with Crippen LogP contribution >= 0.6 is 0 Å². The lowest BCUT2D eigenvalue weighted by Gasteiger charge is -2.29. The van der Waals surface area contributed by atoms with Crippen molar-refractivity contribution in [2.45, 2.75) is 32.2 Å². The van der Waals surface area contributed by atoms with Crippen LogP contribution in [0.2, 0.25) is 0 Å². The van der Waals surface area contributed by atoms with Crippen LogP contribution in [0.5, 0.6) is 5.75 Å². The van der Waals surface area contributed by atoms with Gasteiger partial charge in [0.25, 0.3) is 11.8 Å². The summed E-state index contributed by atoms with van der Waals surface area (Å²) in [7, 11) is 1.56. The van der Waals surface area contributed by atoms with Crippen LogP contribution in [-0.4, -0.2) is 48.9 Å². The van der Waals surface area contributed by atoms with E-state index in [0.717, 1.165) is 32.4 Å². The molecule has 2 N–H and O–H groups in total. The van der Waals surface area contributed by atoms with Crippen LogP contribution in [0, 0.1) is 0 Å². The number of ether oxygens (including phenoxy) is 1. The van der Waals surface area contributed by atoms with E-state index in [-0.39, 0.29) is 11.8 Å². The maximum Gasteiger partial charge on any atom is 0.255 e. The lowest BCUT2D eigenvalue weighted by atomic mass is 10.1. The van der Waals surface area contributed by atoms with Gasteiger partial charge < -0.3 is 20.3 Å². The van der Waals surface area contributed by atoms with Crippen molar-refractivity contribution in [3.8, 4) is 5.75 Å². The molecule has 0 saturated carbocycles. The average molecular weight is 409 g/mol. The molecule has 0 aromatic heterocycles. The van der Waals surface area contributed by atoms with Crippen LogP contribution < -0.4 is 15.4 Å². The molecule has 1 saturated heterocycles. The van der Waals surface area contributed by atoms with Crippen molar-refractivity contribution >= 4 is 23.4 Å². The third-order valence-electron chi connectivity index (χ3n) is 5.16. The fraction of sp³-hybridized carbons (Fsp3) is 0.348. The number of para-hydroxylation sites is 1. The van der Waals surface area contributed by atoms with Gasteiger partial charge in [0.1, 0.15) is 11.8 Å². The molecule has 1 fully saturated rings. The van der Waals surface area contributed by atoms with Gasteiger partial charge in [-0.15, -0.1) is 0 Å². The SMILES string of the molecule is COc1ccc(C(=O)Nc2ccccc2C(=O)N[C@@H](C)C(=O)N2CCCCC2)cc1. The fourth-order valence-corrected chi connectivity index (χ4v) is 3.45. The molecule has 0 spiro atoms. The number of hydrogen-bond acceptors (Lipinski definition) is 4. The number of methoxy groups -OCH3 is 1. The summed E-state index contributed by atoms with van der Waals surface area (Å²) in [5.74, 6) is -0.171. The van der Waals surface area contributed by atoms with Crippen molar-refractivity contribution in [3.05, 3.63) is 59.7 Å². The van der Waals surface area contributed by atoms with E-state index in [1.54, 1.807) is 67.5 Å². The normalized spacial score (nSPS) is 14.5. The molecular formula is C23H27N3O4. The Morgan fingerprint density at radius 3 is 2.27 bits per heavy atom. The Bertz CT molecular complexity index is 905. The van der Waals surface area contributed by atoms with Crippen molar-refractivity contribution in [1.82, 2.24) is 10.2 Å². The smallest absolute Gasteiger partial charge is 0.255 e. The summed E-state index contributed by atoms with van der Waals surface area (Å²) in [4.78, 5) is 39.8. The van der Waals surface area contributed by atoms with E-state index in [2.05, 4.69) is 10.6 Å². The number of carbonyl (C=O) groups excluding carboxylic acids is 3. The minimum atomic E-state index is -0.638. The number of hydrogen-bond donors (Lipinski definition) is 2. The summed E-state index contributed by atoms with van der Waals surface area (Å²) in [6.07, 6.45) is 3.12. The predicted molar refractivity (Wildman–Crippen MR) is 115 cm³/mol. The highest BCUT2D eigenvalue weighted by Crippen LogP contribution is 2.18. The Morgan fingerprint density at radius 2 is 1.60 bits per heavy atom. The number of piperidine rings is 1. The number of nitrogens with zero attached hydrogens (tertiary/aromatic N) is 1. The van der Waals surface area contributed by atoms with Crippen molar-refractivity contribution in [2.24, 2.45) is 0 Å². The van der Waals surface area contributed by atoms with Crippen LogP contribution in [0.25, 0.3) is 0 Å². The van der Waals surface area contributed by atoms with Gasteiger partial charge in [0, 0.05) is 18.7 Å². The number of nitrogens with one attached hydrogen (secondary N) is 2. The molecule has 30 heavy (non-hydrogen) atoms. The topological polar surface area (TPSA) is 87.7 Å². The molecule has 1 heterocycles. The van der Waals surface area contributed by atoms with Gasteiger partial charge in [-0.05, 0) is 62.6 Å². The van der Waals surface area contributed by atoms with Crippen molar-refractivity contribution in [3.63, 3.8) is 0 Å². The van der Waals surface area contributed by atoms with Crippen molar-refractivity contribution < 1.29 is 19.1 Å². The van der Waals surface area contributed by atoms with Crippen LogP contribution in [0.3, 0.4) is 0 Å². The number of amides is 3. The molecule has 1 aliphatic heterocycles. The second-order valence-corrected chi connectivity index (χ2v) is 7.31. The first-order valence-corrected chi connectivity index (χ1v) is 10.1. The Hall–Kier alpha value is -3.35. The Kier molecular flexibility index (Phi) is 7.06. The molecule has 2 aromatic carbocycles. The lowest BCUT2D eigenvalue weighted by molar-refractivity contribution is -0.133. The zero-order chi connectivity index (χ0) is 21.5. The van der Waals surface area contributed by atoms with Crippen LogP contribution in [0.4, 0.5) is 5.69 Å². The Balaban J connectivity index is 1.68. The second kappa shape index (κ2) is 9.91. The Labute approximate surface area is 176 Å². The minimum absolute atomic E-state index is 0.0807. The van der Waals surface area contributed by atoms with Gasteiger partial charge in [-0.3, -0.25) is 14.4 Å². The number of anilines is 1. The van der Waals surface area contributed by atoms with E-state index in [1.165, 1.54) is 0 Å². The second-order valence-electron chi connectivity index (χ2n) is 7.31. The minimum Gasteiger partial charge on any atom is -0.497 e. The molecule has 158 valence electrons. The number of rotatable bonds is 6. The molecule has 0 unspecified atom stereocenters. The van der Waals surface area contributed by atoms with Crippen LogP contribution in [-0.2, 0) is 4.79 Å². The Morgan fingerprint density at radius 1 is 0.933 bits per heavy atom. The molecule has 3 amide bonds. The molecule has 0 bridgehead atoms. The highest BCUT2D eigenvalue weighted by atomic mass is 16.5. The van der Waals surface area contributed by atoms with E-state index in [4.69, 9.17) is 4.74 Å². The standard InChI is InChI=1S/C23H27N3O4/c1-16(23(29)26-14-6-3-7-15-26)24-22(28)19-8-4-5-9-20(19)25-21(27)17-10-12-18(30-2)13-11-17/h4-5,8-13,16H,3,6-7,14-15H2,1-2H3,(H,24,28)(H,25,27)/t16-/m0/s1. The first-order valence-electron chi connectivity index (χ1n) is 10.1. The largest absolute Gasteiger partial charge is 0.497 e. The molecule has 1 aliphatic rings. The third-order valence-corrected chi connectivity index (χ3v) is 5.16. The summed E-state index contributed by atoms with van der Waals surface area (Å²) in [5, 5.41) is 5.54. The highest BCUT2D eigenvalue weighted by Gasteiger charge is 2.24. The van der Waals surface area contributed by atoms with Crippen molar-refractivity contribution in [2.75, 3.05) is 25.5 Å². The number of benzene rings is 2.